The second kappa shape index (κ2) is 10.5. The van der Waals surface area contributed by atoms with Crippen LogP contribution in [0.15, 0.2) is 59.8 Å². The number of hydrogen-bond donors (Lipinski definition) is 2. The number of piperazine rings is 1. The molecule has 12 heteroatoms. The van der Waals surface area contributed by atoms with Crippen LogP contribution < -0.4 is 15.4 Å². The van der Waals surface area contributed by atoms with E-state index in [0.29, 0.717) is 40.7 Å². The van der Waals surface area contributed by atoms with E-state index in [4.69, 9.17) is 0 Å². The predicted octanol–water partition coefficient (Wildman–Crippen LogP) is 1.09. The Morgan fingerprint density at radius 1 is 1.13 bits per heavy atom. The van der Waals surface area contributed by atoms with E-state index < -0.39 is 10.0 Å². The molecule has 2 aromatic carbocycles. The summed E-state index contributed by atoms with van der Waals surface area (Å²) >= 11 is 9.78. The lowest BCUT2D eigenvalue weighted by Gasteiger charge is -2.31. The summed E-state index contributed by atoms with van der Waals surface area (Å²) < 4.78 is 28.9. The maximum atomic E-state index is 12.7. The summed E-state index contributed by atoms with van der Waals surface area (Å²) in [6.45, 7) is 1.84. The van der Waals surface area contributed by atoms with Gasteiger partial charge in [0.2, 0.25) is 10.0 Å². The topological polar surface area (TPSA) is 106 Å². The molecule has 0 aromatic heterocycles. The van der Waals surface area contributed by atoms with Gasteiger partial charge in [-0.2, -0.15) is 9.41 Å². The minimum atomic E-state index is -3.55. The minimum Gasteiger partial charge on any atom is -0.871 e. The summed E-state index contributed by atoms with van der Waals surface area (Å²) in [4.78, 5) is 13.4. The van der Waals surface area contributed by atoms with E-state index in [0.717, 1.165) is 9.37 Å². The van der Waals surface area contributed by atoms with Gasteiger partial charge in [-0.3, -0.25) is 4.79 Å². The predicted molar refractivity (Wildman–Crippen MR) is 125 cm³/mol. The maximum absolute atomic E-state index is 12.7. The van der Waals surface area contributed by atoms with Crippen molar-refractivity contribution in [2.75, 3.05) is 32.7 Å². The van der Waals surface area contributed by atoms with Crippen LogP contribution in [0.2, 0.25) is 0 Å². The van der Waals surface area contributed by atoms with Gasteiger partial charge in [-0.25, -0.2) is 13.8 Å². The number of carbonyl (C=O) groups excluding carboxylic acids is 1. The molecular weight excluding hydrogens is 620 g/mol. The van der Waals surface area contributed by atoms with Crippen LogP contribution in [0.25, 0.3) is 0 Å². The molecule has 1 aliphatic heterocycles. The molecule has 1 fully saturated rings. The Bertz CT molecular complexity index is 1090. The zero-order chi connectivity index (χ0) is 22.6. The Morgan fingerprint density at radius 3 is 2.42 bits per heavy atom. The normalized spacial score (nSPS) is 16.0. The van der Waals surface area contributed by atoms with E-state index in [1.165, 1.54) is 10.5 Å². The molecule has 8 nitrogen and oxygen atoms in total. The Balaban J connectivity index is 1.50. The number of amides is 1. The molecule has 0 atom stereocenters. The van der Waals surface area contributed by atoms with Gasteiger partial charge >= 0.3 is 0 Å². The molecule has 166 valence electrons. The Kier molecular flexibility index (Phi) is 8.27. The first-order chi connectivity index (χ1) is 14.7. The maximum Gasteiger partial charge on any atom is 0.295 e. The first kappa shape index (κ1) is 24.3. The summed E-state index contributed by atoms with van der Waals surface area (Å²) in [6, 6.07) is 9.78. The first-order valence-electron chi connectivity index (χ1n) is 9.24. The number of hydrogen-bond acceptors (Lipinski definition) is 5. The van der Waals surface area contributed by atoms with Gasteiger partial charge in [-0.1, -0.05) is 53.5 Å². The van der Waals surface area contributed by atoms with Gasteiger partial charge in [-0.05, 0) is 42.0 Å². The third kappa shape index (κ3) is 6.36. The van der Waals surface area contributed by atoms with Crippen molar-refractivity contribution in [2.45, 2.75) is 4.90 Å². The molecule has 1 amide bonds. The third-order valence-corrected chi connectivity index (χ3v) is 8.21. The smallest absolute Gasteiger partial charge is 0.295 e. The van der Waals surface area contributed by atoms with Crippen molar-refractivity contribution in [3.8, 4) is 5.75 Å². The van der Waals surface area contributed by atoms with Crippen LogP contribution in [0.3, 0.4) is 0 Å². The van der Waals surface area contributed by atoms with E-state index in [-0.39, 0.29) is 23.1 Å². The fraction of sp³-hybridized carbons (Fsp3) is 0.263. The highest BCUT2D eigenvalue weighted by atomic mass is 79.9. The lowest BCUT2D eigenvalue weighted by atomic mass is 10.2. The zero-order valence-electron chi connectivity index (χ0n) is 16.1. The van der Waals surface area contributed by atoms with Crippen LogP contribution in [0.1, 0.15) is 5.56 Å². The van der Waals surface area contributed by atoms with Gasteiger partial charge in [0.05, 0.1) is 37.3 Å². The lowest BCUT2D eigenvalue weighted by molar-refractivity contribution is -0.895. The highest BCUT2D eigenvalue weighted by Gasteiger charge is 2.31. The van der Waals surface area contributed by atoms with Gasteiger partial charge < -0.3 is 10.0 Å². The molecular formula is C19H19Br3N4O4S. The molecule has 0 aliphatic carbocycles. The van der Waals surface area contributed by atoms with Crippen molar-refractivity contribution in [3.63, 3.8) is 0 Å². The number of halogens is 3. The number of rotatable bonds is 6. The van der Waals surface area contributed by atoms with Crippen LogP contribution in [0, 0.1) is 0 Å². The molecule has 0 radical (unpaired) electrons. The number of carbonyl (C=O) groups is 1. The molecule has 2 aromatic rings. The number of benzene rings is 2. The largest absolute Gasteiger partial charge is 0.871 e. The van der Waals surface area contributed by atoms with E-state index >= 15 is 0 Å². The van der Waals surface area contributed by atoms with E-state index in [1.54, 1.807) is 36.4 Å². The fourth-order valence-electron chi connectivity index (χ4n) is 3.09. The molecule has 1 saturated heterocycles. The van der Waals surface area contributed by atoms with Crippen molar-refractivity contribution >= 4 is 69.9 Å². The van der Waals surface area contributed by atoms with Crippen molar-refractivity contribution < 1.29 is 23.2 Å². The Labute approximate surface area is 205 Å². The standard InChI is InChI=1S/C19H19Br3N4O4S/c20-14-1-3-16(4-2-14)31(29,30)26-7-5-25(6-8-26)12-18(27)24-23-11-13-9-15(21)10-17(22)19(13)28/h1-4,9-11,28H,5-8,12H2,(H,24,27). The van der Waals surface area contributed by atoms with Crippen LogP contribution in [-0.2, 0) is 14.8 Å². The average Bonchev–Trinajstić information content (AvgIpc) is 2.72. The van der Waals surface area contributed by atoms with Gasteiger partial charge in [0.15, 0.2) is 6.54 Å². The second-order valence-corrected chi connectivity index (χ2v) is 11.5. The lowest BCUT2D eigenvalue weighted by Crippen LogP contribution is -3.15. The van der Waals surface area contributed by atoms with Crippen molar-refractivity contribution in [2.24, 2.45) is 5.10 Å². The molecule has 0 unspecified atom stereocenters. The summed E-state index contributed by atoms with van der Waals surface area (Å²) in [5, 5.41) is 15.9. The molecule has 1 aliphatic rings. The molecule has 31 heavy (non-hydrogen) atoms. The van der Waals surface area contributed by atoms with Crippen LogP contribution in [-0.4, -0.2) is 57.6 Å². The van der Waals surface area contributed by atoms with Crippen LogP contribution in [0.4, 0.5) is 0 Å². The van der Waals surface area contributed by atoms with E-state index in [2.05, 4.69) is 58.3 Å². The quantitative estimate of drug-likeness (QED) is 0.365. The molecule has 0 saturated carbocycles. The second-order valence-electron chi connectivity index (χ2n) is 6.88. The van der Waals surface area contributed by atoms with Crippen molar-refractivity contribution in [1.82, 2.24) is 9.73 Å². The monoisotopic (exact) mass is 636 g/mol. The van der Waals surface area contributed by atoms with Crippen LogP contribution >= 0.6 is 47.8 Å². The van der Waals surface area contributed by atoms with Gasteiger partial charge in [0, 0.05) is 13.4 Å². The minimum absolute atomic E-state index is 0.163. The molecule has 3 rings (SSSR count). The molecule has 2 N–H and O–H groups in total. The molecule has 1 heterocycles. The molecule has 0 spiro atoms. The number of nitrogens with one attached hydrogen (secondary N) is 2. The number of quaternary nitrogens is 1. The van der Waals surface area contributed by atoms with E-state index in [1.807, 2.05) is 0 Å². The Morgan fingerprint density at radius 2 is 1.77 bits per heavy atom. The first-order valence-corrected chi connectivity index (χ1v) is 13.1. The van der Waals surface area contributed by atoms with Gasteiger partial charge in [0.25, 0.3) is 5.91 Å². The SMILES string of the molecule is O=C(C[NH+]1CCN(S(=O)(=O)c2ccc(Br)cc2)CC1)NN=Cc1cc(Br)cc(Br)c1[O-]. The van der Waals surface area contributed by atoms with Crippen molar-refractivity contribution in [1.29, 1.82) is 0 Å². The van der Waals surface area contributed by atoms with Gasteiger partial charge in [-0.15, -0.1) is 0 Å². The van der Waals surface area contributed by atoms with Crippen molar-refractivity contribution in [3.05, 3.63) is 55.4 Å². The fourth-order valence-corrected chi connectivity index (χ4v) is 6.06. The summed E-state index contributed by atoms with van der Waals surface area (Å²) in [5.74, 6) is -0.535. The van der Waals surface area contributed by atoms with E-state index in [9.17, 15) is 18.3 Å². The average molecular weight is 639 g/mol. The number of hydrazone groups is 1. The number of sulfonamides is 1. The third-order valence-electron chi connectivity index (χ3n) is 4.72. The Hall–Kier alpha value is -1.31. The highest BCUT2D eigenvalue weighted by molar-refractivity contribution is 9.11. The summed E-state index contributed by atoms with van der Waals surface area (Å²) in [5.41, 5.74) is 2.75. The zero-order valence-corrected chi connectivity index (χ0v) is 21.7. The van der Waals surface area contributed by atoms with Gasteiger partial charge in [0.1, 0.15) is 0 Å². The van der Waals surface area contributed by atoms with Crippen LogP contribution in [0.5, 0.6) is 5.75 Å². The molecule has 0 bridgehead atoms. The number of nitrogens with zero attached hydrogens (tertiary/aromatic N) is 2. The summed E-state index contributed by atoms with van der Waals surface area (Å²) in [7, 11) is -3.55. The summed E-state index contributed by atoms with van der Waals surface area (Å²) in [6.07, 6.45) is 1.30. The highest BCUT2D eigenvalue weighted by Crippen LogP contribution is 2.28.